The molecular weight excluding hydrogens is 258 g/mol. The van der Waals surface area contributed by atoms with Gasteiger partial charge < -0.3 is 0 Å². The van der Waals surface area contributed by atoms with E-state index in [4.69, 9.17) is 0 Å². The van der Waals surface area contributed by atoms with E-state index in [9.17, 15) is 0 Å². The third kappa shape index (κ3) is 1.89. The molecule has 2 aromatic carbocycles. The molecule has 3 heteroatoms. The Labute approximate surface area is 114 Å². The van der Waals surface area contributed by atoms with Crippen molar-refractivity contribution in [2.75, 3.05) is 0 Å². The van der Waals surface area contributed by atoms with Gasteiger partial charge in [-0.15, -0.1) is 22.7 Å². The lowest BCUT2D eigenvalue weighted by atomic mass is 10.4. The van der Waals surface area contributed by atoms with Crippen molar-refractivity contribution in [1.82, 2.24) is 0 Å². The van der Waals surface area contributed by atoms with Crippen LogP contribution in [0.25, 0.3) is 0 Å². The molecule has 1 aliphatic rings. The molecule has 0 aliphatic carbocycles. The Hall–Kier alpha value is -1.45. The average Bonchev–Trinajstić information content (AvgIpc) is 2.91. The summed E-state index contributed by atoms with van der Waals surface area (Å²) in [7, 11) is -1.24. The first-order valence-electron chi connectivity index (χ1n) is 5.69. The SMILES string of the molecule is Sc1ccc(S2(c3ccccc3)C=CN=C2)cc1. The molecule has 1 aliphatic heterocycles. The highest BCUT2D eigenvalue weighted by Gasteiger charge is 2.26. The lowest BCUT2D eigenvalue weighted by molar-refractivity contribution is 1.33. The maximum absolute atomic E-state index is 4.35. The number of aliphatic imine (C=N–C) groups is 1. The Morgan fingerprint density at radius 2 is 1.50 bits per heavy atom. The predicted molar refractivity (Wildman–Crippen MR) is 81.9 cm³/mol. The summed E-state index contributed by atoms with van der Waals surface area (Å²) in [6, 6.07) is 18.9. The fraction of sp³-hybridized carbons (Fsp3) is 0. The molecule has 0 amide bonds. The largest absolute Gasteiger partial charge is 0.258 e. The van der Waals surface area contributed by atoms with Crippen LogP contribution in [0.5, 0.6) is 0 Å². The summed E-state index contributed by atoms with van der Waals surface area (Å²) in [6.45, 7) is 0. The minimum Gasteiger partial charge on any atom is -0.258 e. The lowest BCUT2D eigenvalue weighted by Crippen LogP contribution is -1.97. The zero-order valence-electron chi connectivity index (χ0n) is 9.73. The fourth-order valence-electron chi connectivity index (χ4n) is 2.03. The molecule has 1 heterocycles. The van der Waals surface area contributed by atoms with Crippen molar-refractivity contribution in [3.63, 3.8) is 0 Å². The summed E-state index contributed by atoms with van der Waals surface area (Å²) in [6.07, 6.45) is 1.90. The van der Waals surface area contributed by atoms with Gasteiger partial charge in [0.25, 0.3) is 0 Å². The van der Waals surface area contributed by atoms with E-state index in [1.807, 2.05) is 24.4 Å². The minimum atomic E-state index is -1.24. The molecule has 0 fully saturated rings. The van der Waals surface area contributed by atoms with E-state index in [0.717, 1.165) is 4.90 Å². The van der Waals surface area contributed by atoms with Crippen LogP contribution in [0.3, 0.4) is 0 Å². The third-order valence-electron chi connectivity index (χ3n) is 2.95. The van der Waals surface area contributed by atoms with Gasteiger partial charge in [0.1, 0.15) is 0 Å². The Bertz CT molecular complexity index is 588. The third-order valence-corrected chi connectivity index (χ3v) is 6.36. The average molecular weight is 271 g/mol. The first kappa shape index (κ1) is 11.6. The summed E-state index contributed by atoms with van der Waals surface area (Å²) in [4.78, 5) is 7.92. The summed E-state index contributed by atoms with van der Waals surface area (Å²) in [5, 5.41) is 2.22. The number of hydrogen-bond donors (Lipinski definition) is 1. The molecular formula is C15H13NS2. The second-order valence-electron chi connectivity index (χ2n) is 4.06. The predicted octanol–water partition coefficient (Wildman–Crippen LogP) is 4.71. The zero-order valence-corrected chi connectivity index (χ0v) is 11.4. The molecule has 3 rings (SSSR count). The van der Waals surface area contributed by atoms with Gasteiger partial charge in [-0.25, -0.2) is 0 Å². The van der Waals surface area contributed by atoms with Crippen molar-refractivity contribution >= 4 is 28.2 Å². The van der Waals surface area contributed by atoms with E-state index in [1.165, 1.54) is 9.79 Å². The molecule has 90 valence electrons. The van der Waals surface area contributed by atoms with Crippen LogP contribution in [0, 0.1) is 0 Å². The highest BCUT2D eigenvalue weighted by molar-refractivity contribution is 8.46. The first-order valence-corrected chi connectivity index (χ1v) is 7.89. The molecule has 1 unspecified atom stereocenters. The minimum absolute atomic E-state index is 0.986. The van der Waals surface area contributed by atoms with Crippen LogP contribution in [0.2, 0.25) is 0 Å². The van der Waals surface area contributed by atoms with Gasteiger partial charge in [0, 0.05) is 20.9 Å². The van der Waals surface area contributed by atoms with E-state index in [-0.39, 0.29) is 0 Å². The van der Waals surface area contributed by atoms with Crippen LogP contribution in [-0.2, 0) is 0 Å². The summed E-state index contributed by atoms with van der Waals surface area (Å²) in [5.41, 5.74) is 2.08. The molecule has 18 heavy (non-hydrogen) atoms. The van der Waals surface area contributed by atoms with E-state index >= 15 is 0 Å². The van der Waals surface area contributed by atoms with Gasteiger partial charge in [-0.2, -0.15) is 0 Å². The van der Waals surface area contributed by atoms with Crippen molar-refractivity contribution in [1.29, 1.82) is 0 Å². The van der Waals surface area contributed by atoms with Gasteiger partial charge in [0.05, 0.1) is 5.55 Å². The van der Waals surface area contributed by atoms with Crippen molar-refractivity contribution in [3.8, 4) is 0 Å². The highest BCUT2D eigenvalue weighted by atomic mass is 32.3. The Morgan fingerprint density at radius 3 is 2.11 bits per heavy atom. The highest BCUT2D eigenvalue weighted by Crippen LogP contribution is 2.63. The van der Waals surface area contributed by atoms with E-state index < -0.39 is 10.0 Å². The molecule has 0 aromatic heterocycles. The van der Waals surface area contributed by atoms with Crippen LogP contribution in [-0.4, -0.2) is 5.55 Å². The van der Waals surface area contributed by atoms with Gasteiger partial charge >= 0.3 is 0 Å². The Morgan fingerprint density at radius 1 is 0.833 bits per heavy atom. The zero-order chi connectivity index (χ0) is 12.4. The lowest BCUT2D eigenvalue weighted by Gasteiger charge is -2.31. The second kappa shape index (κ2) is 4.67. The van der Waals surface area contributed by atoms with E-state index in [2.05, 4.69) is 65.0 Å². The van der Waals surface area contributed by atoms with Gasteiger partial charge in [-0.05, 0) is 41.8 Å². The van der Waals surface area contributed by atoms with Crippen LogP contribution in [0.4, 0.5) is 0 Å². The molecule has 1 nitrogen and oxygen atoms in total. The van der Waals surface area contributed by atoms with Crippen molar-refractivity contribution in [3.05, 3.63) is 66.2 Å². The van der Waals surface area contributed by atoms with Crippen LogP contribution in [0.15, 0.2) is 85.9 Å². The quantitative estimate of drug-likeness (QED) is 0.759. The van der Waals surface area contributed by atoms with Crippen molar-refractivity contribution < 1.29 is 0 Å². The molecule has 0 saturated heterocycles. The molecule has 1 atom stereocenters. The van der Waals surface area contributed by atoms with Crippen LogP contribution < -0.4 is 0 Å². The van der Waals surface area contributed by atoms with E-state index in [0.29, 0.717) is 0 Å². The second-order valence-corrected chi connectivity index (χ2v) is 7.42. The molecule has 0 N–H and O–H groups in total. The van der Waals surface area contributed by atoms with Crippen LogP contribution >= 0.6 is 22.7 Å². The molecule has 0 bridgehead atoms. The van der Waals surface area contributed by atoms with Gasteiger partial charge in [-0.1, -0.05) is 18.2 Å². The topological polar surface area (TPSA) is 12.4 Å². The smallest absolute Gasteiger partial charge is 0.0544 e. The Balaban J connectivity index is 2.17. The van der Waals surface area contributed by atoms with Crippen LogP contribution in [0.1, 0.15) is 0 Å². The summed E-state index contributed by atoms with van der Waals surface area (Å²) in [5.74, 6) is 0. The Kier molecular flexibility index (Phi) is 3.02. The number of hydrogen-bond acceptors (Lipinski definition) is 2. The number of nitrogens with zero attached hydrogens (tertiary/aromatic N) is 1. The van der Waals surface area contributed by atoms with Gasteiger partial charge in [0.15, 0.2) is 0 Å². The molecule has 2 aromatic rings. The van der Waals surface area contributed by atoms with Crippen molar-refractivity contribution in [2.24, 2.45) is 4.99 Å². The maximum atomic E-state index is 4.35. The number of rotatable bonds is 2. The molecule has 0 saturated carbocycles. The summed E-state index contributed by atoms with van der Waals surface area (Å²) >= 11 is 4.35. The standard InChI is InChI=1S/C15H13NS2/c17-13-6-8-15(9-7-13)18(11-10-16-12-18)14-4-2-1-3-5-14/h1-12,17H. The maximum Gasteiger partial charge on any atom is 0.0544 e. The fourth-order valence-corrected chi connectivity index (χ4v) is 4.80. The molecule has 0 radical (unpaired) electrons. The first-order chi connectivity index (χ1) is 8.81. The van der Waals surface area contributed by atoms with E-state index in [1.54, 1.807) is 0 Å². The van der Waals surface area contributed by atoms with Gasteiger partial charge in [0.2, 0.25) is 0 Å². The number of thiol groups is 1. The number of benzene rings is 2. The monoisotopic (exact) mass is 271 g/mol. The normalized spacial score (nSPS) is 24.9. The summed E-state index contributed by atoms with van der Waals surface area (Å²) < 4.78 is 0. The molecule has 0 spiro atoms. The van der Waals surface area contributed by atoms with Gasteiger partial charge in [-0.3, -0.25) is 4.99 Å². The van der Waals surface area contributed by atoms with Crippen molar-refractivity contribution in [2.45, 2.75) is 14.7 Å².